The maximum atomic E-state index is 12.1. The van der Waals surface area contributed by atoms with Gasteiger partial charge in [0.2, 0.25) is 5.91 Å². The van der Waals surface area contributed by atoms with Gasteiger partial charge in [0.05, 0.1) is 18.7 Å². The molecule has 1 heterocycles. The first-order valence-electron chi connectivity index (χ1n) is 7.45. The number of ether oxygens (including phenoxy) is 1. The van der Waals surface area contributed by atoms with Gasteiger partial charge < -0.3 is 15.4 Å². The molecule has 2 rings (SSSR count). The quantitative estimate of drug-likeness (QED) is 0.841. The van der Waals surface area contributed by atoms with Gasteiger partial charge in [-0.2, -0.15) is 0 Å². The Hall–Kier alpha value is -1.71. The third kappa shape index (κ3) is 3.89. The summed E-state index contributed by atoms with van der Waals surface area (Å²) in [5.74, 6) is 1.64. The summed E-state index contributed by atoms with van der Waals surface area (Å²) in [4.78, 5) is 14.0. The molecule has 0 unspecified atom stereocenters. The van der Waals surface area contributed by atoms with Gasteiger partial charge in [-0.1, -0.05) is 25.5 Å². The van der Waals surface area contributed by atoms with E-state index in [0.29, 0.717) is 24.5 Å². The van der Waals surface area contributed by atoms with Crippen molar-refractivity contribution >= 4 is 11.6 Å². The lowest BCUT2D eigenvalue weighted by Crippen LogP contribution is -2.38. The monoisotopic (exact) mass is 276 g/mol. The van der Waals surface area contributed by atoms with Crippen molar-refractivity contribution in [2.24, 2.45) is 5.92 Å². The molecule has 0 spiro atoms. The molecule has 0 bridgehead atoms. The molecule has 1 aliphatic heterocycles. The zero-order chi connectivity index (χ0) is 14.4. The van der Waals surface area contributed by atoms with Gasteiger partial charge in [0.25, 0.3) is 0 Å². The molecule has 1 aromatic rings. The molecule has 0 aliphatic carbocycles. The SMILES string of the molecule is CCC1CCN(C(=O)CCOc2ccccc2N)CC1. The minimum Gasteiger partial charge on any atom is -0.491 e. The maximum absolute atomic E-state index is 12.1. The van der Waals surface area contributed by atoms with Gasteiger partial charge in [-0.25, -0.2) is 0 Å². The lowest BCUT2D eigenvalue weighted by atomic mass is 9.94. The predicted molar refractivity (Wildman–Crippen MR) is 80.6 cm³/mol. The highest BCUT2D eigenvalue weighted by molar-refractivity contribution is 5.76. The molecule has 1 fully saturated rings. The summed E-state index contributed by atoms with van der Waals surface area (Å²) in [7, 11) is 0. The van der Waals surface area contributed by atoms with Crippen molar-refractivity contribution in [3.05, 3.63) is 24.3 Å². The summed E-state index contributed by atoms with van der Waals surface area (Å²) in [5.41, 5.74) is 6.41. The second-order valence-electron chi connectivity index (χ2n) is 5.37. The van der Waals surface area contributed by atoms with Crippen LogP contribution in [0.25, 0.3) is 0 Å². The van der Waals surface area contributed by atoms with Gasteiger partial charge in [-0.05, 0) is 30.9 Å². The Morgan fingerprint density at radius 3 is 2.70 bits per heavy atom. The average Bonchev–Trinajstić information content (AvgIpc) is 2.49. The Balaban J connectivity index is 1.72. The zero-order valence-corrected chi connectivity index (χ0v) is 12.2. The van der Waals surface area contributed by atoms with Gasteiger partial charge in [-0.15, -0.1) is 0 Å². The second kappa shape index (κ2) is 7.17. The number of nitrogens with two attached hydrogens (primary N) is 1. The van der Waals surface area contributed by atoms with Crippen molar-refractivity contribution < 1.29 is 9.53 Å². The molecule has 4 heteroatoms. The van der Waals surface area contributed by atoms with Crippen LogP contribution in [0.1, 0.15) is 32.6 Å². The molecule has 1 aliphatic rings. The number of hydrogen-bond donors (Lipinski definition) is 1. The van der Waals surface area contributed by atoms with Gasteiger partial charge in [-0.3, -0.25) is 4.79 Å². The number of nitrogen functional groups attached to an aromatic ring is 1. The van der Waals surface area contributed by atoms with E-state index >= 15 is 0 Å². The molecular weight excluding hydrogens is 252 g/mol. The number of piperidine rings is 1. The molecule has 0 atom stereocenters. The summed E-state index contributed by atoms with van der Waals surface area (Å²) in [5, 5.41) is 0. The molecule has 0 radical (unpaired) electrons. The first-order chi connectivity index (χ1) is 9.70. The van der Waals surface area contributed by atoms with Crippen molar-refractivity contribution in [3.63, 3.8) is 0 Å². The van der Waals surface area contributed by atoms with Crippen molar-refractivity contribution in [2.75, 3.05) is 25.4 Å². The van der Waals surface area contributed by atoms with Crippen LogP contribution in [0.4, 0.5) is 5.69 Å². The van der Waals surface area contributed by atoms with E-state index in [1.165, 1.54) is 6.42 Å². The summed E-state index contributed by atoms with van der Waals surface area (Å²) >= 11 is 0. The van der Waals surface area contributed by atoms with E-state index in [4.69, 9.17) is 10.5 Å². The van der Waals surface area contributed by atoms with Crippen LogP contribution < -0.4 is 10.5 Å². The lowest BCUT2D eigenvalue weighted by molar-refractivity contribution is -0.133. The van der Waals surface area contributed by atoms with Gasteiger partial charge in [0.15, 0.2) is 0 Å². The Bertz CT molecular complexity index is 440. The number of likely N-dealkylation sites (tertiary alicyclic amines) is 1. The fourth-order valence-corrected chi connectivity index (χ4v) is 2.61. The van der Waals surface area contributed by atoms with Crippen LogP contribution in [0.3, 0.4) is 0 Å². The average molecular weight is 276 g/mol. The van der Waals surface area contributed by atoms with Crippen LogP contribution in [0, 0.1) is 5.92 Å². The number of para-hydroxylation sites is 2. The fraction of sp³-hybridized carbons (Fsp3) is 0.562. The molecule has 110 valence electrons. The summed E-state index contributed by atoms with van der Waals surface area (Å²) in [6.45, 7) is 4.40. The second-order valence-corrected chi connectivity index (χ2v) is 5.37. The zero-order valence-electron chi connectivity index (χ0n) is 12.2. The number of carbonyl (C=O) groups is 1. The summed E-state index contributed by atoms with van der Waals surface area (Å²) in [6, 6.07) is 7.37. The molecule has 1 aromatic carbocycles. The van der Waals surface area contributed by atoms with Crippen LogP contribution in [-0.4, -0.2) is 30.5 Å². The highest BCUT2D eigenvalue weighted by atomic mass is 16.5. The normalized spacial score (nSPS) is 16.1. The van der Waals surface area contributed by atoms with E-state index in [-0.39, 0.29) is 5.91 Å². The lowest BCUT2D eigenvalue weighted by Gasteiger charge is -2.31. The smallest absolute Gasteiger partial charge is 0.225 e. The number of anilines is 1. The van der Waals surface area contributed by atoms with E-state index in [1.807, 2.05) is 23.1 Å². The molecular formula is C16H24N2O2. The minimum atomic E-state index is 0.189. The molecule has 20 heavy (non-hydrogen) atoms. The van der Waals surface area contributed by atoms with Crippen molar-refractivity contribution in [1.29, 1.82) is 0 Å². The number of carbonyl (C=O) groups excluding carboxylic acids is 1. The highest BCUT2D eigenvalue weighted by Gasteiger charge is 2.21. The number of amides is 1. The summed E-state index contributed by atoms with van der Waals surface area (Å²) < 4.78 is 5.57. The Kier molecular flexibility index (Phi) is 5.27. The Morgan fingerprint density at radius 2 is 2.05 bits per heavy atom. The molecule has 2 N–H and O–H groups in total. The third-order valence-corrected chi connectivity index (χ3v) is 4.04. The standard InChI is InChI=1S/C16H24N2O2/c1-2-13-7-10-18(11-8-13)16(19)9-12-20-15-6-4-3-5-14(15)17/h3-6,13H,2,7-12,17H2,1H3. The molecule has 1 amide bonds. The topological polar surface area (TPSA) is 55.6 Å². The minimum absolute atomic E-state index is 0.189. The first kappa shape index (κ1) is 14.7. The molecule has 0 aromatic heterocycles. The Labute approximate surface area is 120 Å². The van der Waals surface area contributed by atoms with Crippen molar-refractivity contribution in [1.82, 2.24) is 4.90 Å². The highest BCUT2D eigenvalue weighted by Crippen LogP contribution is 2.21. The third-order valence-electron chi connectivity index (χ3n) is 4.04. The van der Waals surface area contributed by atoms with Gasteiger partial charge in [0, 0.05) is 13.1 Å². The number of hydrogen-bond acceptors (Lipinski definition) is 3. The summed E-state index contributed by atoms with van der Waals surface area (Å²) in [6.07, 6.45) is 3.91. The van der Waals surface area contributed by atoms with Crippen LogP contribution >= 0.6 is 0 Å². The van der Waals surface area contributed by atoms with E-state index in [9.17, 15) is 4.79 Å². The van der Waals surface area contributed by atoms with Crippen molar-refractivity contribution in [2.45, 2.75) is 32.6 Å². The fourth-order valence-electron chi connectivity index (χ4n) is 2.61. The van der Waals surface area contributed by atoms with Crippen molar-refractivity contribution in [3.8, 4) is 5.75 Å². The van der Waals surface area contributed by atoms with E-state index in [0.717, 1.165) is 31.8 Å². The van der Waals surface area contributed by atoms with Crippen LogP contribution in [0.2, 0.25) is 0 Å². The number of benzene rings is 1. The molecule has 4 nitrogen and oxygen atoms in total. The Morgan fingerprint density at radius 1 is 1.35 bits per heavy atom. The predicted octanol–water partition coefficient (Wildman–Crippen LogP) is 2.69. The van der Waals surface area contributed by atoms with Crippen LogP contribution in [0.5, 0.6) is 5.75 Å². The van der Waals surface area contributed by atoms with Gasteiger partial charge >= 0.3 is 0 Å². The largest absolute Gasteiger partial charge is 0.491 e. The van der Waals surface area contributed by atoms with Crippen LogP contribution in [-0.2, 0) is 4.79 Å². The van der Waals surface area contributed by atoms with Gasteiger partial charge in [0.1, 0.15) is 5.75 Å². The number of rotatable bonds is 5. The molecule has 1 saturated heterocycles. The van der Waals surface area contributed by atoms with E-state index in [2.05, 4.69) is 6.92 Å². The molecule has 0 saturated carbocycles. The van der Waals surface area contributed by atoms with Crippen LogP contribution in [0.15, 0.2) is 24.3 Å². The first-order valence-corrected chi connectivity index (χ1v) is 7.45. The van der Waals surface area contributed by atoms with E-state index in [1.54, 1.807) is 6.07 Å². The van der Waals surface area contributed by atoms with E-state index < -0.39 is 0 Å². The maximum Gasteiger partial charge on any atom is 0.225 e. The number of nitrogens with zero attached hydrogens (tertiary/aromatic N) is 1.